The maximum atomic E-state index is 11.9. The molecule has 0 aromatic heterocycles. The molecule has 6 heteroatoms. The Bertz CT molecular complexity index is 533. The second kappa shape index (κ2) is 5.07. The van der Waals surface area contributed by atoms with Crippen LogP contribution in [0.1, 0.15) is 19.8 Å². The lowest BCUT2D eigenvalue weighted by atomic mass is 10.3. The van der Waals surface area contributed by atoms with Crippen LogP contribution < -0.4 is 10.0 Å². The third-order valence-corrected chi connectivity index (χ3v) is 4.18. The second-order valence-electron chi connectivity index (χ2n) is 4.50. The van der Waals surface area contributed by atoms with E-state index in [0.29, 0.717) is 18.2 Å². The number of benzene rings is 1. The van der Waals surface area contributed by atoms with E-state index in [2.05, 4.69) is 10.0 Å². The van der Waals surface area contributed by atoms with Gasteiger partial charge < -0.3 is 5.32 Å². The minimum atomic E-state index is -3.42. The van der Waals surface area contributed by atoms with Gasteiger partial charge in [0, 0.05) is 19.2 Å². The van der Waals surface area contributed by atoms with E-state index in [0.717, 1.165) is 12.8 Å². The van der Waals surface area contributed by atoms with Crippen LogP contribution in [0.4, 0.5) is 5.69 Å². The van der Waals surface area contributed by atoms with Gasteiger partial charge in [0.2, 0.25) is 15.9 Å². The van der Waals surface area contributed by atoms with Crippen molar-refractivity contribution < 1.29 is 13.2 Å². The van der Waals surface area contributed by atoms with Crippen LogP contribution in [0.2, 0.25) is 0 Å². The zero-order valence-corrected chi connectivity index (χ0v) is 11.0. The van der Waals surface area contributed by atoms with Crippen LogP contribution in [0.3, 0.4) is 0 Å². The van der Waals surface area contributed by atoms with Gasteiger partial charge in [0.05, 0.1) is 4.90 Å². The highest BCUT2D eigenvalue weighted by atomic mass is 32.2. The number of hydrogen-bond acceptors (Lipinski definition) is 3. The van der Waals surface area contributed by atoms with Crippen LogP contribution in [-0.2, 0) is 14.8 Å². The van der Waals surface area contributed by atoms with E-state index in [4.69, 9.17) is 0 Å². The first-order valence-electron chi connectivity index (χ1n) is 5.85. The molecule has 1 aromatic carbocycles. The predicted molar refractivity (Wildman–Crippen MR) is 68.7 cm³/mol. The van der Waals surface area contributed by atoms with Gasteiger partial charge in [-0.15, -0.1) is 0 Å². The highest BCUT2D eigenvalue weighted by molar-refractivity contribution is 7.89. The summed E-state index contributed by atoms with van der Waals surface area (Å²) in [4.78, 5) is 11.1. The number of carbonyl (C=O) groups is 1. The summed E-state index contributed by atoms with van der Waals surface area (Å²) in [5, 5.41) is 2.59. The van der Waals surface area contributed by atoms with Gasteiger partial charge in [-0.3, -0.25) is 4.79 Å². The van der Waals surface area contributed by atoms with Crippen molar-refractivity contribution >= 4 is 21.6 Å². The average Bonchev–Trinajstić information content (AvgIpc) is 3.10. The van der Waals surface area contributed by atoms with Crippen LogP contribution in [0, 0.1) is 5.92 Å². The summed E-state index contributed by atoms with van der Waals surface area (Å²) in [6, 6.07) is 6.13. The molecule has 0 spiro atoms. The first-order chi connectivity index (χ1) is 8.47. The SMILES string of the molecule is CC(=O)Nc1ccc(S(=O)(=O)NCC2CC2)cc1. The molecule has 0 heterocycles. The molecule has 1 aliphatic rings. The van der Waals surface area contributed by atoms with Crippen LogP contribution in [0.5, 0.6) is 0 Å². The number of hydrogen-bond donors (Lipinski definition) is 2. The first kappa shape index (κ1) is 13.0. The number of sulfonamides is 1. The van der Waals surface area contributed by atoms with Crippen molar-refractivity contribution in [2.24, 2.45) is 5.92 Å². The summed E-state index contributed by atoms with van der Waals surface area (Å²) in [6.45, 7) is 1.91. The molecule has 0 bridgehead atoms. The van der Waals surface area contributed by atoms with Crippen molar-refractivity contribution in [3.63, 3.8) is 0 Å². The van der Waals surface area contributed by atoms with E-state index < -0.39 is 10.0 Å². The molecular weight excluding hydrogens is 252 g/mol. The van der Waals surface area contributed by atoms with E-state index in [1.54, 1.807) is 12.1 Å². The number of nitrogens with one attached hydrogen (secondary N) is 2. The van der Waals surface area contributed by atoms with Crippen LogP contribution in [-0.4, -0.2) is 20.9 Å². The molecule has 5 nitrogen and oxygen atoms in total. The highest BCUT2D eigenvalue weighted by Crippen LogP contribution is 2.28. The number of anilines is 1. The Labute approximate surface area is 107 Å². The standard InChI is InChI=1S/C12H16N2O3S/c1-9(15)14-11-4-6-12(7-5-11)18(16,17)13-8-10-2-3-10/h4-7,10,13H,2-3,8H2,1H3,(H,14,15). The summed E-state index contributed by atoms with van der Waals surface area (Å²) in [5.74, 6) is 0.316. The molecular formula is C12H16N2O3S. The fourth-order valence-corrected chi connectivity index (χ4v) is 2.67. The number of carbonyl (C=O) groups excluding carboxylic acids is 1. The fourth-order valence-electron chi connectivity index (χ4n) is 1.55. The Morgan fingerprint density at radius 3 is 2.39 bits per heavy atom. The summed E-state index contributed by atoms with van der Waals surface area (Å²) in [5.41, 5.74) is 0.587. The summed E-state index contributed by atoms with van der Waals surface area (Å²) >= 11 is 0. The summed E-state index contributed by atoms with van der Waals surface area (Å²) < 4.78 is 26.4. The van der Waals surface area contributed by atoms with Gasteiger partial charge in [0.15, 0.2) is 0 Å². The third kappa shape index (κ3) is 3.54. The largest absolute Gasteiger partial charge is 0.326 e. The van der Waals surface area contributed by atoms with E-state index in [9.17, 15) is 13.2 Å². The van der Waals surface area contributed by atoms with E-state index in [1.165, 1.54) is 19.1 Å². The Balaban J connectivity index is 2.04. The van der Waals surface area contributed by atoms with Gasteiger partial charge in [-0.2, -0.15) is 0 Å². The Morgan fingerprint density at radius 2 is 1.89 bits per heavy atom. The molecule has 0 atom stereocenters. The molecule has 0 saturated heterocycles. The van der Waals surface area contributed by atoms with Crippen LogP contribution in [0.15, 0.2) is 29.2 Å². The fraction of sp³-hybridized carbons (Fsp3) is 0.417. The quantitative estimate of drug-likeness (QED) is 0.846. The van der Waals surface area contributed by atoms with Crippen molar-refractivity contribution in [2.45, 2.75) is 24.7 Å². The molecule has 0 unspecified atom stereocenters. The van der Waals surface area contributed by atoms with Gasteiger partial charge in [0.1, 0.15) is 0 Å². The Kier molecular flexibility index (Phi) is 3.68. The van der Waals surface area contributed by atoms with Gasteiger partial charge in [-0.1, -0.05) is 0 Å². The third-order valence-electron chi connectivity index (χ3n) is 2.74. The lowest BCUT2D eigenvalue weighted by Crippen LogP contribution is -2.25. The van der Waals surface area contributed by atoms with Crippen molar-refractivity contribution in [3.05, 3.63) is 24.3 Å². The molecule has 1 saturated carbocycles. The molecule has 0 aliphatic heterocycles. The topological polar surface area (TPSA) is 75.3 Å². The minimum Gasteiger partial charge on any atom is -0.326 e. The molecule has 0 radical (unpaired) electrons. The maximum absolute atomic E-state index is 11.9. The van der Waals surface area contributed by atoms with E-state index >= 15 is 0 Å². The lowest BCUT2D eigenvalue weighted by molar-refractivity contribution is -0.114. The first-order valence-corrected chi connectivity index (χ1v) is 7.33. The van der Waals surface area contributed by atoms with Gasteiger partial charge in [-0.05, 0) is 43.0 Å². The molecule has 98 valence electrons. The van der Waals surface area contributed by atoms with Crippen molar-refractivity contribution in [3.8, 4) is 0 Å². The summed E-state index contributed by atoms with van der Waals surface area (Å²) in [6.07, 6.45) is 2.20. The number of rotatable bonds is 5. The van der Waals surface area contributed by atoms with Crippen LogP contribution in [0.25, 0.3) is 0 Å². The van der Waals surface area contributed by atoms with Crippen LogP contribution >= 0.6 is 0 Å². The van der Waals surface area contributed by atoms with Crippen molar-refractivity contribution in [1.29, 1.82) is 0 Å². The molecule has 2 N–H and O–H groups in total. The van der Waals surface area contributed by atoms with Gasteiger partial charge >= 0.3 is 0 Å². The Hall–Kier alpha value is -1.40. The molecule has 1 aliphatic carbocycles. The predicted octanol–water partition coefficient (Wildman–Crippen LogP) is 1.33. The maximum Gasteiger partial charge on any atom is 0.240 e. The normalized spacial score (nSPS) is 15.4. The van der Waals surface area contributed by atoms with Gasteiger partial charge in [-0.25, -0.2) is 13.1 Å². The molecule has 1 amide bonds. The Morgan fingerprint density at radius 1 is 1.28 bits per heavy atom. The minimum absolute atomic E-state index is 0.183. The van der Waals surface area contributed by atoms with E-state index in [1.807, 2.05) is 0 Å². The van der Waals surface area contributed by atoms with E-state index in [-0.39, 0.29) is 10.8 Å². The lowest BCUT2D eigenvalue weighted by Gasteiger charge is -2.07. The zero-order valence-electron chi connectivity index (χ0n) is 10.1. The average molecular weight is 268 g/mol. The molecule has 2 rings (SSSR count). The van der Waals surface area contributed by atoms with Crippen molar-refractivity contribution in [1.82, 2.24) is 4.72 Å². The second-order valence-corrected chi connectivity index (χ2v) is 6.27. The van der Waals surface area contributed by atoms with Gasteiger partial charge in [0.25, 0.3) is 0 Å². The molecule has 1 aromatic rings. The smallest absolute Gasteiger partial charge is 0.240 e. The molecule has 1 fully saturated rings. The zero-order chi connectivity index (χ0) is 13.2. The molecule has 18 heavy (non-hydrogen) atoms. The highest BCUT2D eigenvalue weighted by Gasteiger charge is 2.24. The monoisotopic (exact) mass is 268 g/mol. The van der Waals surface area contributed by atoms with Crippen molar-refractivity contribution in [2.75, 3.05) is 11.9 Å². The number of amides is 1. The summed E-state index contributed by atoms with van der Waals surface area (Å²) in [7, 11) is -3.42.